The van der Waals surface area contributed by atoms with Crippen LogP contribution in [0.25, 0.3) is 32.3 Å². The summed E-state index contributed by atoms with van der Waals surface area (Å²) in [5, 5.41) is 8.51. The Morgan fingerprint density at radius 2 is 1.42 bits per heavy atom. The number of hydrogen-bond donors (Lipinski definition) is 0. The molecule has 0 N–H and O–H groups in total. The van der Waals surface area contributed by atoms with Gasteiger partial charge in [0.2, 0.25) is 0 Å². The summed E-state index contributed by atoms with van der Waals surface area (Å²) >= 11 is 0. The Bertz CT molecular complexity index is 1120. The first kappa shape index (κ1) is 14.0. The van der Waals surface area contributed by atoms with Crippen molar-refractivity contribution in [3.05, 3.63) is 71.3 Å². The molecule has 0 unspecified atom stereocenters. The van der Waals surface area contributed by atoms with E-state index in [0.29, 0.717) is 0 Å². The summed E-state index contributed by atoms with van der Waals surface area (Å²) in [7, 11) is 0. The number of aryl methyl sites for hydroxylation is 2. The van der Waals surface area contributed by atoms with Crippen molar-refractivity contribution in [3.8, 4) is 0 Å². The van der Waals surface area contributed by atoms with Crippen molar-refractivity contribution < 1.29 is 0 Å². The molecule has 0 heterocycles. The lowest BCUT2D eigenvalue weighted by molar-refractivity contribution is 0.584. The Kier molecular flexibility index (Phi) is 2.69. The van der Waals surface area contributed by atoms with Crippen LogP contribution in [0.15, 0.2) is 54.6 Å². The van der Waals surface area contributed by atoms with Crippen LogP contribution in [0, 0.1) is 0 Å². The molecule has 0 amide bonds. The molecule has 5 rings (SSSR count). The third kappa shape index (κ3) is 1.80. The molecule has 4 aromatic rings. The Morgan fingerprint density at radius 3 is 2.25 bits per heavy atom. The molecule has 118 valence electrons. The van der Waals surface area contributed by atoms with Gasteiger partial charge in [-0.25, -0.2) is 0 Å². The molecule has 0 atom stereocenters. The summed E-state index contributed by atoms with van der Waals surface area (Å²) in [6.45, 7) is 6.99. The zero-order valence-electron chi connectivity index (χ0n) is 14.6. The van der Waals surface area contributed by atoms with Crippen LogP contribution in [-0.2, 0) is 18.3 Å². The second-order valence-electron chi connectivity index (χ2n) is 8.18. The van der Waals surface area contributed by atoms with Gasteiger partial charge in [-0.05, 0) is 73.3 Å². The SMILES string of the molecule is CC(C)(C)c1ccc2cc3c(ccc4ccccc43)c3c2c1CC3. The maximum atomic E-state index is 2.41. The summed E-state index contributed by atoms with van der Waals surface area (Å²) in [4.78, 5) is 0. The van der Waals surface area contributed by atoms with Crippen LogP contribution in [0.1, 0.15) is 37.5 Å². The van der Waals surface area contributed by atoms with Crippen molar-refractivity contribution in [1.29, 1.82) is 0 Å². The highest BCUT2D eigenvalue weighted by atomic mass is 14.3. The molecule has 0 saturated carbocycles. The Labute approximate surface area is 143 Å². The fourth-order valence-electron chi connectivity index (χ4n) is 4.62. The quantitative estimate of drug-likeness (QED) is 0.255. The molecule has 0 radical (unpaired) electrons. The van der Waals surface area contributed by atoms with Crippen molar-refractivity contribution >= 4 is 32.3 Å². The van der Waals surface area contributed by atoms with Gasteiger partial charge in [0.15, 0.2) is 0 Å². The van der Waals surface area contributed by atoms with Gasteiger partial charge >= 0.3 is 0 Å². The second-order valence-corrected chi connectivity index (χ2v) is 8.18. The van der Waals surface area contributed by atoms with Crippen LogP contribution in [0.3, 0.4) is 0 Å². The highest BCUT2D eigenvalue weighted by Crippen LogP contribution is 2.42. The summed E-state index contributed by atoms with van der Waals surface area (Å²) < 4.78 is 0. The van der Waals surface area contributed by atoms with Gasteiger partial charge in [0.05, 0.1) is 0 Å². The van der Waals surface area contributed by atoms with Gasteiger partial charge in [0.1, 0.15) is 0 Å². The van der Waals surface area contributed by atoms with Crippen LogP contribution in [0.2, 0.25) is 0 Å². The fourth-order valence-corrected chi connectivity index (χ4v) is 4.62. The molecule has 24 heavy (non-hydrogen) atoms. The summed E-state index contributed by atoms with van der Waals surface area (Å²) in [6.07, 6.45) is 2.36. The topological polar surface area (TPSA) is 0 Å². The molecule has 1 aliphatic carbocycles. The zero-order valence-corrected chi connectivity index (χ0v) is 14.6. The van der Waals surface area contributed by atoms with Crippen molar-refractivity contribution in [2.45, 2.75) is 39.0 Å². The maximum Gasteiger partial charge on any atom is -0.00962 e. The molecule has 0 fully saturated rings. The molecule has 0 aliphatic heterocycles. The lowest BCUT2D eigenvalue weighted by atomic mass is 9.82. The Hall–Kier alpha value is -2.34. The van der Waals surface area contributed by atoms with Gasteiger partial charge in [-0.1, -0.05) is 69.3 Å². The minimum absolute atomic E-state index is 0.212. The van der Waals surface area contributed by atoms with E-state index in [4.69, 9.17) is 0 Å². The Balaban J connectivity index is 1.97. The summed E-state index contributed by atoms with van der Waals surface area (Å²) in [6, 6.07) is 20.5. The fraction of sp³-hybridized carbons (Fsp3) is 0.250. The van der Waals surface area contributed by atoms with E-state index in [1.807, 2.05) is 0 Å². The summed E-state index contributed by atoms with van der Waals surface area (Å²) in [5.74, 6) is 0. The monoisotopic (exact) mass is 310 g/mol. The highest BCUT2D eigenvalue weighted by Gasteiger charge is 2.25. The molecule has 0 aromatic heterocycles. The van der Waals surface area contributed by atoms with Crippen LogP contribution in [-0.4, -0.2) is 0 Å². The van der Waals surface area contributed by atoms with Crippen LogP contribution in [0.5, 0.6) is 0 Å². The normalized spacial score (nSPS) is 14.1. The molecule has 0 spiro atoms. The average molecular weight is 310 g/mol. The third-order valence-corrected chi connectivity index (χ3v) is 5.68. The van der Waals surface area contributed by atoms with E-state index >= 15 is 0 Å². The van der Waals surface area contributed by atoms with E-state index in [0.717, 1.165) is 0 Å². The third-order valence-electron chi connectivity index (χ3n) is 5.68. The standard InChI is InChI=1S/C24H22/c1-24(2,3)22-13-9-16-14-21-17-7-5-4-6-15(17)8-10-18(21)19-11-12-20(22)23(16)19/h4-10,13-14H,11-12H2,1-3H3. The Morgan fingerprint density at radius 1 is 0.667 bits per heavy atom. The highest BCUT2D eigenvalue weighted by molar-refractivity contribution is 6.15. The van der Waals surface area contributed by atoms with E-state index < -0.39 is 0 Å². The summed E-state index contributed by atoms with van der Waals surface area (Å²) in [5.41, 5.74) is 4.89. The maximum absolute atomic E-state index is 2.41. The van der Waals surface area contributed by atoms with Gasteiger partial charge in [0, 0.05) is 0 Å². The minimum Gasteiger partial charge on any atom is -0.0616 e. The largest absolute Gasteiger partial charge is 0.0616 e. The number of hydrogen-bond acceptors (Lipinski definition) is 0. The molecular formula is C24H22. The van der Waals surface area contributed by atoms with Gasteiger partial charge in [-0.2, -0.15) is 0 Å². The predicted molar refractivity (Wildman–Crippen MR) is 105 cm³/mol. The van der Waals surface area contributed by atoms with Gasteiger partial charge < -0.3 is 0 Å². The van der Waals surface area contributed by atoms with E-state index in [9.17, 15) is 0 Å². The first-order valence-corrected chi connectivity index (χ1v) is 8.93. The lowest BCUT2D eigenvalue weighted by Gasteiger charge is -2.23. The van der Waals surface area contributed by atoms with E-state index in [1.165, 1.54) is 50.7 Å². The van der Waals surface area contributed by atoms with Gasteiger partial charge in [-0.15, -0.1) is 0 Å². The van der Waals surface area contributed by atoms with E-state index in [1.54, 1.807) is 11.1 Å². The number of benzene rings is 4. The van der Waals surface area contributed by atoms with E-state index in [2.05, 4.69) is 75.4 Å². The van der Waals surface area contributed by atoms with Crippen LogP contribution >= 0.6 is 0 Å². The molecular weight excluding hydrogens is 288 g/mol. The molecule has 1 aliphatic rings. The van der Waals surface area contributed by atoms with Crippen molar-refractivity contribution in [1.82, 2.24) is 0 Å². The predicted octanol–water partition coefficient (Wildman–Crippen LogP) is 6.54. The average Bonchev–Trinajstić information content (AvgIpc) is 3.00. The minimum atomic E-state index is 0.212. The lowest BCUT2D eigenvalue weighted by Crippen LogP contribution is -2.13. The first-order chi connectivity index (χ1) is 11.5. The molecule has 0 saturated heterocycles. The smallest absolute Gasteiger partial charge is 0.00962 e. The van der Waals surface area contributed by atoms with Gasteiger partial charge in [-0.3, -0.25) is 0 Å². The van der Waals surface area contributed by atoms with Crippen molar-refractivity contribution in [2.75, 3.05) is 0 Å². The van der Waals surface area contributed by atoms with Crippen LogP contribution < -0.4 is 0 Å². The molecule has 0 nitrogen and oxygen atoms in total. The molecule has 0 bridgehead atoms. The number of rotatable bonds is 0. The first-order valence-electron chi connectivity index (χ1n) is 8.93. The number of fused-ring (bicyclic) bond motifs is 4. The van der Waals surface area contributed by atoms with Crippen molar-refractivity contribution in [2.24, 2.45) is 0 Å². The van der Waals surface area contributed by atoms with E-state index in [-0.39, 0.29) is 5.41 Å². The molecule has 0 heteroatoms. The van der Waals surface area contributed by atoms with Crippen molar-refractivity contribution in [3.63, 3.8) is 0 Å². The molecule has 4 aromatic carbocycles. The van der Waals surface area contributed by atoms with Gasteiger partial charge in [0.25, 0.3) is 0 Å². The zero-order chi connectivity index (χ0) is 16.5. The second kappa shape index (κ2) is 4.60. The van der Waals surface area contributed by atoms with Crippen LogP contribution in [0.4, 0.5) is 0 Å².